The van der Waals surface area contributed by atoms with Gasteiger partial charge < -0.3 is 29.5 Å². The number of nitrogens with one attached hydrogen (secondary N) is 1. The summed E-state index contributed by atoms with van der Waals surface area (Å²) in [6.07, 6.45) is 1.45. The molecule has 0 fully saturated rings. The summed E-state index contributed by atoms with van der Waals surface area (Å²) in [4.78, 5) is 19.3. The Balaban J connectivity index is 1.80. The average Bonchev–Trinajstić information content (AvgIpc) is 2.86. The van der Waals surface area contributed by atoms with Crippen molar-refractivity contribution in [1.29, 1.82) is 0 Å². The molecule has 180 valence electrons. The first-order valence-electron chi connectivity index (χ1n) is 10.6. The number of rotatable bonds is 7. The predicted octanol–water partition coefficient (Wildman–Crippen LogP) is 3.96. The van der Waals surface area contributed by atoms with Gasteiger partial charge in [0.15, 0.2) is 23.0 Å². The summed E-state index contributed by atoms with van der Waals surface area (Å²) >= 11 is 0. The molecule has 9 heteroatoms. The van der Waals surface area contributed by atoms with Gasteiger partial charge in [0.05, 0.1) is 33.4 Å². The minimum atomic E-state index is -0.436. The van der Waals surface area contributed by atoms with Crippen molar-refractivity contribution < 1.29 is 29.5 Å². The summed E-state index contributed by atoms with van der Waals surface area (Å²) in [7, 11) is 4.58. The lowest BCUT2D eigenvalue weighted by Gasteiger charge is -2.15. The van der Waals surface area contributed by atoms with E-state index in [1.54, 1.807) is 36.4 Å². The summed E-state index contributed by atoms with van der Waals surface area (Å²) < 4.78 is 16.3. The van der Waals surface area contributed by atoms with E-state index in [1.807, 2.05) is 0 Å². The van der Waals surface area contributed by atoms with Crippen molar-refractivity contribution in [1.82, 2.24) is 4.98 Å². The van der Waals surface area contributed by atoms with E-state index < -0.39 is 5.56 Å². The number of benzene rings is 3. The Hall–Kier alpha value is -4.66. The number of hydrogen-bond donors (Lipinski definition) is 4. The molecule has 9 nitrogen and oxygen atoms in total. The van der Waals surface area contributed by atoms with Crippen molar-refractivity contribution >= 4 is 17.0 Å². The molecule has 4 aromatic rings. The second-order valence-electron chi connectivity index (χ2n) is 7.68. The van der Waals surface area contributed by atoms with E-state index in [2.05, 4.69) is 9.98 Å². The number of H-pyrrole nitrogens is 1. The van der Waals surface area contributed by atoms with E-state index in [0.717, 1.165) is 11.1 Å². The monoisotopic (exact) mass is 476 g/mol. The zero-order chi connectivity index (χ0) is 25.1. The van der Waals surface area contributed by atoms with Crippen molar-refractivity contribution in [2.24, 2.45) is 4.99 Å². The topological polar surface area (TPSA) is 134 Å². The van der Waals surface area contributed by atoms with E-state index in [0.29, 0.717) is 39.1 Å². The Morgan fingerprint density at radius 2 is 1.54 bits per heavy atom. The van der Waals surface area contributed by atoms with Gasteiger partial charge >= 0.3 is 0 Å². The maximum atomic E-state index is 12.5. The number of fused-ring (bicyclic) bond motifs is 1. The SMILES string of the molecule is COc1cc(-c2ccc3c(=O)[nH]c(O)c(C=NCc4ccc(O)c(O)c4)c3c2)cc(OC)c1OC. The molecule has 1 heterocycles. The number of aromatic nitrogens is 1. The van der Waals surface area contributed by atoms with Crippen LogP contribution in [0.5, 0.6) is 34.6 Å². The first-order valence-corrected chi connectivity index (χ1v) is 10.6. The summed E-state index contributed by atoms with van der Waals surface area (Å²) in [6.45, 7) is 0.181. The molecule has 1 aromatic heterocycles. The van der Waals surface area contributed by atoms with Crippen molar-refractivity contribution in [2.45, 2.75) is 6.54 Å². The molecule has 0 spiro atoms. The molecule has 0 atom stereocenters. The molecule has 0 aliphatic heterocycles. The van der Waals surface area contributed by atoms with Gasteiger partial charge in [-0.3, -0.25) is 14.8 Å². The molecule has 4 rings (SSSR count). The van der Waals surface area contributed by atoms with Gasteiger partial charge in [0, 0.05) is 17.0 Å². The van der Waals surface area contributed by atoms with Crippen LogP contribution in [0, 0.1) is 0 Å². The second kappa shape index (κ2) is 9.68. The van der Waals surface area contributed by atoms with E-state index in [9.17, 15) is 20.1 Å². The second-order valence-corrected chi connectivity index (χ2v) is 7.68. The van der Waals surface area contributed by atoms with Crippen LogP contribution in [0.2, 0.25) is 0 Å². The Morgan fingerprint density at radius 3 is 2.17 bits per heavy atom. The van der Waals surface area contributed by atoms with Crippen LogP contribution in [-0.2, 0) is 6.54 Å². The van der Waals surface area contributed by atoms with Crippen LogP contribution >= 0.6 is 0 Å². The molecule has 0 unspecified atom stereocenters. The highest BCUT2D eigenvalue weighted by Crippen LogP contribution is 2.41. The zero-order valence-electron chi connectivity index (χ0n) is 19.3. The molecule has 35 heavy (non-hydrogen) atoms. The fourth-order valence-electron chi connectivity index (χ4n) is 3.80. The largest absolute Gasteiger partial charge is 0.504 e. The molecule has 0 saturated heterocycles. The lowest BCUT2D eigenvalue weighted by Crippen LogP contribution is -2.08. The Kier molecular flexibility index (Phi) is 6.50. The third kappa shape index (κ3) is 4.56. The van der Waals surface area contributed by atoms with Crippen LogP contribution in [-0.4, -0.2) is 47.8 Å². The van der Waals surface area contributed by atoms with E-state index in [4.69, 9.17) is 14.2 Å². The Morgan fingerprint density at radius 1 is 0.829 bits per heavy atom. The smallest absolute Gasteiger partial charge is 0.258 e. The molecule has 0 aliphatic rings. The van der Waals surface area contributed by atoms with Crippen LogP contribution in [0.1, 0.15) is 11.1 Å². The number of ether oxygens (including phenoxy) is 3. The number of aromatic hydroxyl groups is 3. The highest BCUT2D eigenvalue weighted by Gasteiger charge is 2.16. The van der Waals surface area contributed by atoms with E-state index >= 15 is 0 Å². The molecule has 0 aliphatic carbocycles. The minimum absolute atomic E-state index is 0.181. The van der Waals surface area contributed by atoms with Crippen LogP contribution in [0.4, 0.5) is 0 Å². The molecular formula is C26H24N2O7. The van der Waals surface area contributed by atoms with Crippen LogP contribution in [0.3, 0.4) is 0 Å². The Labute approximate surface area is 200 Å². The quantitative estimate of drug-likeness (QED) is 0.234. The number of phenols is 2. The van der Waals surface area contributed by atoms with Gasteiger partial charge in [0.1, 0.15) is 0 Å². The number of phenolic OH excluding ortho intramolecular Hbond substituents is 2. The van der Waals surface area contributed by atoms with Crippen molar-refractivity contribution in [2.75, 3.05) is 21.3 Å². The van der Waals surface area contributed by atoms with Crippen molar-refractivity contribution in [3.05, 3.63) is 70.0 Å². The van der Waals surface area contributed by atoms with E-state index in [1.165, 1.54) is 39.7 Å². The summed E-state index contributed by atoms with van der Waals surface area (Å²) in [6, 6.07) is 13.2. The van der Waals surface area contributed by atoms with Crippen LogP contribution in [0.15, 0.2) is 58.3 Å². The fraction of sp³-hybridized carbons (Fsp3) is 0.154. The van der Waals surface area contributed by atoms with Crippen LogP contribution < -0.4 is 19.8 Å². The number of hydrogen-bond acceptors (Lipinski definition) is 8. The third-order valence-corrected chi connectivity index (χ3v) is 5.57. The zero-order valence-corrected chi connectivity index (χ0v) is 19.3. The molecular weight excluding hydrogens is 452 g/mol. The lowest BCUT2D eigenvalue weighted by molar-refractivity contribution is 0.324. The highest BCUT2D eigenvalue weighted by molar-refractivity contribution is 6.03. The summed E-state index contributed by atoms with van der Waals surface area (Å²) in [5.74, 6) is 0.638. The van der Waals surface area contributed by atoms with Crippen molar-refractivity contribution in [3.8, 4) is 45.8 Å². The number of pyridine rings is 1. The number of aromatic amines is 1. The van der Waals surface area contributed by atoms with Gasteiger partial charge in [0.2, 0.25) is 11.6 Å². The molecule has 3 aromatic carbocycles. The van der Waals surface area contributed by atoms with Gasteiger partial charge in [-0.25, -0.2) is 0 Å². The Bertz CT molecular complexity index is 1470. The van der Waals surface area contributed by atoms with Gasteiger partial charge in [0.25, 0.3) is 5.56 Å². The average molecular weight is 476 g/mol. The highest BCUT2D eigenvalue weighted by atomic mass is 16.5. The maximum Gasteiger partial charge on any atom is 0.258 e. The summed E-state index contributed by atoms with van der Waals surface area (Å²) in [5.41, 5.74) is 2.05. The van der Waals surface area contributed by atoms with Crippen LogP contribution in [0.25, 0.3) is 21.9 Å². The van der Waals surface area contributed by atoms with Gasteiger partial charge in [-0.15, -0.1) is 0 Å². The number of methoxy groups -OCH3 is 3. The van der Waals surface area contributed by atoms with Gasteiger partial charge in [-0.05, 0) is 53.1 Å². The molecule has 4 N–H and O–H groups in total. The third-order valence-electron chi connectivity index (χ3n) is 5.57. The number of nitrogens with zero attached hydrogens (tertiary/aromatic N) is 1. The van der Waals surface area contributed by atoms with E-state index in [-0.39, 0.29) is 23.9 Å². The standard InChI is InChI=1S/C26H24N2O7/c1-33-22-10-16(11-23(34-2)24(22)35-3)15-5-6-17-18(9-15)19(26(32)28-25(17)31)13-27-12-14-4-7-20(29)21(30)8-14/h4-11,13,29-30H,12H2,1-3H3,(H2,28,31,32). The minimum Gasteiger partial charge on any atom is -0.504 e. The normalized spacial score (nSPS) is 11.2. The first kappa shape index (κ1) is 23.5. The maximum absolute atomic E-state index is 12.5. The molecule has 0 radical (unpaired) electrons. The molecule has 0 saturated carbocycles. The predicted molar refractivity (Wildman–Crippen MR) is 132 cm³/mol. The van der Waals surface area contributed by atoms with Gasteiger partial charge in [-0.1, -0.05) is 12.1 Å². The fourth-order valence-corrected chi connectivity index (χ4v) is 3.80. The van der Waals surface area contributed by atoms with Crippen molar-refractivity contribution in [3.63, 3.8) is 0 Å². The van der Waals surface area contributed by atoms with Gasteiger partial charge in [-0.2, -0.15) is 0 Å². The first-order chi connectivity index (χ1) is 16.9. The summed E-state index contributed by atoms with van der Waals surface area (Å²) in [5, 5.41) is 30.5. The molecule has 0 amide bonds. The number of aliphatic imine (C=N–C) groups is 1. The molecule has 0 bridgehead atoms. The lowest BCUT2D eigenvalue weighted by atomic mass is 9.99.